The molecule has 0 unspecified atom stereocenters. The van der Waals surface area contributed by atoms with E-state index in [0.717, 1.165) is 16.7 Å². The topological polar surface area (TPSA) is 22.0 Å². The third-order valence-electron chi connectivity index (χ3n) is 2.61. The highest BCUT2D eigenvalue weighted by molar-refractivity contribution is 6.30. The van der Waals surface area contributed by atoms with Crippen LogP contribution in [-0.2, 0) is 7.05 Å². The van der Waals surface area contributed by atoms with Gasteiger partial charge in [0.1, 0.15) is 0 Å². The van der Waals surface area contributed by atoms with Gasteiger partial charge >= 0.3 is 0 Å². The molecule has 3 heteroatoms. The highest BCUT2D eigenvalue weighted by atomic mass is 35.5. The highest BCUT2D eigenvalue weighted by Crippen LogP contribution is 2.25. The highest BCUT2D eigenvalue weighted by Gasteiger charge is 2.03. The van der Waals surface area contributed by atoms with E-state index in [2.05, 4.69) is 0 Å². The van der Waals surface area contributed by atoms with Crippen molar-refractivity contribution in [3.63, 3.8) is 0 Å². The molecule has 16 heavy (non-hydrogen) atoms. The molecular formula is C13H12ClNO. The maximum absolute atomic E-state index is 11.5. The molecule has 1 aromatic heterocycles. The molecule has 0 N–H and O–H groups in total. The Kier molecular flexibility index (Phi) is 2.84. The van der Waals surface area contributed by atoms with Crippen LogP contribution in [0, 0.1) is 6.92 Å². The van der Waals surface area contributed by atoms with E-state index in [1.165, 1.54) is 0 Å². The maximum Gasteiger partial charge on any atom is 0.250 e. The Bertz CT molecular complexity index is 587. The van der Waals surface area contributed by atoms with Crippen LogP contribution in [0.2, 0.25) is 5.02 Å². The molecule has 1 heterocycles. The Balaban J connectivity index is 2.63. The number of halogens is 1. The van der Waals surface area contributed by atoms with E-state index < -0.39 is 0 Å². The van der Waals surface area contributed by atoms with Gasteiger partial charge in [0, 0.05) is 24.3 Å². The molecule has 0 aliphatic heterocycles. The summed E-state index contributed by atoms with van der Waals surface area (Å²) in [5.74, 6) is 0. The lowest BCUT2D eigenvalue weighted by atomic mass is 10.0. The van der Waals surface area contributed by atoms with Crippen molar-refractivity contribution in [3.8, 4) is 11.1 Å². The predicted octanol–water partition coefficient (Wildman–Crippen LogP) is 3.01. The minimum Gasteiger partial charge on any atom is -0.319 e. The summed E-state index contributed by atoms with van der Waals surface area (Å²) in [6, 6.07) is 9.22. The lowest BCUT2D eigenvalue weighted by molar-refractivity contribution is 0.861. The van der Waals surface area contributed by atoms with Crippen LogP contribution in [0.25, 0.3) is 11.1 Å². The van der Waals surface area contributed by atoms with Gasteiger partial charge in [-0.25, -0.2) is 0 Å². The Hall–Kier alpha value is -1.54. The fraction of sp³-hybridized carbons (Fsp3) is 0.154. The summed E-state index contributed by atoms with van der Waals surface area (Å²) in [5.41, 5.74) is 3.00. The average Bonchev–Trinajstić information content (AvgIpc) is 2.26. The number of rotatable bonds is 1. The molecular weight excluding hydrogens is 222 g/mol. The second-order valence-electron chi connectivity index (χ2n) is 3.82. The molecule has 0 aliphatic rings. The van der Waals surface area contributed by atoms with Crippen LogP contribution in [0.5, 0.6) is 0 Å². The fourth-order valence-electron chi connectivity index (χ4n) is 1.62. The summed E-state index contributed by atoms with van der Waals surface area (Å²) in [4.78, 5) is 11.5. The van der Waals surface area contributed by atoms with Gasteiger partial charge in [-0.1, -0.05) is 17.7 Å². The van der Waals surface area contributed by atoms with Crippen molar-refractivity contribution in [2.45, 2.75) is 6.92 Å². The van der Waals surface area contributed by atoms with Crippen molar-refractivity contribution in [1.82, 2.24) is 4.57 Å². The third-order valence-corrected chi connectivity index (χ3v) is 2.85. The number of aryl methyl sites for hydroxylation is 2. The van der Waals surface area contributed by atoms with Crippen LogP contribution in [0.4, 0.5) is 0 Å². The van der Waals surface area contributed by atoms with Crippen molar-refractivity contribution in [2.24, 2.45) is 7.05 Å². The average molecular weight is 234 g/mol. The lowest BCUT2D eigenvalue weighted by Crippen LogP contribution is -2.14. The van der Waals surface area contributed by atoms with Crippen molar-refractivity contribution in [1.29, 1.82) is 0 Å². The minimum atomic E-state index is -0.0168. The van der Waals surface area contributed by atoms with Crippen molar-refractivity contribution in [2.75, 3.05) is 0 Å². The summed E-state index contributed by atoms with van der Waals surface area (Å²) in [7, 11) is 1.73. The summed E-state index contributed by atoms with van der Waals surface area (Å²) in [5, 5.41) is 0.682. The van der Waals surface area contributed by atoms with Crippen molar-refractivity contribution >= 4 is 11.6 Å². The Labute approximate surface area is 99.1 Å². The van der Waals surface area contributed by atoms with Crippen LogP contribution in [-0.4, -0.2) is 4.57 Å². The molecule has 0 radical (unpaired) electrons. The zero-order chi connectivity index (χ0) is 11.7. The quantitative estimate of drug-likeness (QED) is 0.742. The summed E-state index contributed by atoms with van der Waals surface area (Å²) in [6.45, 7) is 2.00. The lowest BCUT2D eigenvalue weighted by Gasteiger charge is -2.07. The zero-order valence-electron chi connectivity index (χ0n) is 9.20. The standard InChI is InChI=1S/C13H12ClNO/c1-9-3-4-11(14)8-12(9)10-5-6-15(2)13(16)7-10/h3-8H,1-2H3. The summed E-state index contributed by atoms with van der Waals surface area (Å²) >= 11 is 5.95. The molecule has 2 rings (SSSR count). The Morgan fingerprint density at radius 3 is 2.62 bits per heavy atom. The minimum absolute atomic E-state index is 0.0168. The van der Waals surface area contributed by atoms with Crippen LogP contribution in [0.1, 0.15) is 5.56 Å². The second kappa shape index (κ2) is 4.14. The molecule has 2 nitrogen and oxygen atoms in total. The van der Waals surface area contributed by atoms with Gasteiger partial charge in [0.25, 0.3) is 5.56 Å². The summed E-state index contributed by atoms with van der Waals surface area (Å²) in [6.07, 6.45) is 1.76. The predicted molar refractivity (Wildman–Crippen MR) is 66.9 cm³/mol. The van der Waals surface area contributed by atoms with E-state index in [-0.39, 0.29) is 5.56 Å². The molecule has 0 fully saturated rings. The van der Waals surface area contributed by atoms with Gasteiger partial charge in [-0.3, -0.25) is 4.79 Å². The third kappa shape index (κ3) is 2.02. The number of aromatic nitrogens is 1. The van der Waals surface area contributed by atoms with E-state index in [1.807, 2.05) is 31.2 Å². The molecule has 0 saturated carbocycles. The van der Waals surface area contributed by atoms with E-state index in [4.69, 9.17) is 11.6 Å². The number of nitrogens with zero attached hydrogens (tertiary/aromatic N) is 1. The van der Waals surface area contributed by atoms with E-state index in [1.54, 1.807) is 23.9 Å². The normalized spacial score (nSPS) is 10.4. The number of hydrogen-bond donors (Lipinski definition) is 0. The van der Waals surface area contributed by atoms with E-state index in [9.17, 15) is 4.79 Å². The van der Waals surface area contributed by atoms with E-state index in [0.29, 0.717) is 5.02 Å². The molecule has 2 aromatic rings. The largest absolute Gasteiger partial charge is 0.319 e. The van der Waals surface area contributed by atoms with E-state index >= 15 is 0 Å². The first-order valence-electron chi connectivity index (χ1n) is 5.01. The summed E-state index contributed by atoms with van der Waals surface area (Å²) < 4.78 is 1.55. The SMILES string of the molecule is Cc1ccc(Cl)cc1-c1ccn(C)c(=O)c1. The van der Waals surface area contributed by atoms with Crippen LogP contribution < -0.4 is 5.56 Å². The molecule has 82 valence electrons. The first kappa shape index (κ1) is 11.0. The smallest absolute Gasteiger partial charge is 0.250 e. The van der Waals surface area contributed by atoms with Crippen molar-refractivity contribution < 1.29 is 0 Å². The Morgan fingerprint density at radius 2 is 1.94 bits per heavy atom. The van der Waals surface area contributed by atoms with Gasteiger partial charge in [0.05, 0.1) is 0 Å². The first-order valence-corrected chi connectivity index (χ1v) is 5.39. The van der Waals surface area contributed by atoms with Crippen molar-refractivity contribution in [3.05, 3.63) is 57.5 Å². The van der Waals surface area contributed by atoms with Gasteiger partial charge in [0.15, 0.2) is 0 Å². The molecule has 0 atom stereocenters. The number of hydrogen-bond acceptors (Lipinski definition) is 1. The van der Waals surface area contributed by atoms with Crippen LogP contribution in [0.15, 0.2) is 41.3 Å². The maximum atomic E-state index is 11.5. The first-order chi connectivity index (χ1) is 7.58. The number of pyridine rings is 1. The van der Waals surface area contributed by atoms with Gasteiger partial charge in [-0.15, -0.1) is 0 Å². The molecule has 0 saturated heterocycles. The molecule has 0 bridgehead atoms. The Morgan fingerprint density at radius 1 is 1.19 bits per heavy atom. The molecule has 0 spiro atoms. The van der Waals surface area contributed by atoms with Crippen LogP contribution >= 0.6 is 11.6 Å². The van der Waals surface area contributed by atoms with Gasteiger partial charge in [-0.2, -0.15) is 0 Å². The molecule has 0 aliphatic carbocycles. The fourth-order valence-corrected chi connectivity index (χ4v) is 1.79. The molecule has 1 aromatic carbocycles. The van der Waals surface area contributed by atoms with Gasteiger partial charge < -0.3 is 4.57 Å². The zero-order valence-corrected chi connectivity index (χ0v) is 9.95. The molecule has 0 amide bonds. The van der Waals surface area contributed by atoms with Crippen LogP contribution in [0.3, 0.4) is 0 Å². The van der Waals surface area contributed by atoms with Gasteiger partial charge in [0.2, 0.25) is 0 Å². The monoisotopic (exact) mass is 233 g/mol. The number of benzene rings is 1. The van der Waals surface area contributed by atoms with Gasteiger partial charge in [-0.05, 0) is 41.8 Å². The second-order valence-corrected chi connectivity index (χ2v) is 4.26.